The first kappa shape index (κ1) is 18.1. The molecule has 0 aliphatic rings. The second-order valence-electron chi connectivity index (χ2n) is 6.02. The molecule has 0 aliphatic heterocycles. The maximum atomic E-state index is 11.7. The Morgan fingerprint density at radius 3 is 2.55 bits per heavy atom. The summed E-state index contributed by atoms with van der Waals surface area (Å²) in [6, 6.07) is 3.82. The second kappa shape index (κ2) is 9.12. The Morgan fingerprint density at radius 1 is 1.23 bits per heavy atom. The van der Waals surface area contributed by atoms with E-state index >= 15 is 0 Å². The van der Waals surface area contributed by atoms with E-state index in [1.54, 1.807) is 6.26 Å². The molecule has 0 saturated carbocycles. The molecule has 22 heavy (non-hydrogen) atoms. The van der Waals surface area contributed by atoms with Gasteiger partial charge < -0.3 is 20.4 Å². The highest BCUT2D eigenvalue weighted by Crippen LogP contribution is 2.11. The summed E-state index contributed by atoms with van der Waals surface area (Å²) in [5.41, 5.74) is -0.359. The van der Waals surface area contributed by atoms with Crippen LogP contribution in [0.1, 0.15) is 33.5 Å². The Hall–Kier alpha value is -1.98. The summed E-state index contributed by atoms with van der Waals surface area (Å²) in [7, 11) is 0. The maximum Gasteiger partial charge on any atom is 0.225 e. The molecule has 1 rings (SSSR count). The van der Waals surface area contributed by atoms with Crippen molar-refractivity contribution in [3.8, 4) is 0 Å². The van der Waals surface area contributed by atoms with Gasteiger partial charge >= 0.3 is 0 Å². The van der Waals surface area contributed by atoms with Gasteiger partial charge in [-0.3, -0.25) is 9.79 Å². The average molecular weight is 308 g/mol. The third kappa shape index (κ3) is 7.15. The van der Waals surface area contributed by atoms with Crippen molar-refractivity contribution in [2.75, 3.05) is 26.2 Å². The Morgan fingerprint density at radius 2 is 1.95 bits per heavy atom. The molecule has 1 aromatic rings. The van der Waals surface area contributed by atoms with E-state index in [9.17, 15) is 4.79 Å². The van der Waals surface area contributed by atoms with Gasteiger partial charge in [-0.15, -0.1) is 0 Å². The van der Waals surface area contributed by atoms with Crippen molar-refractivity contribution in [1.29, 1.82) is 0 Å². The lowest BCUT2D eigenvalue weighted by atomic mass is 9.96. The van der Waals surface area contributed by atoms with Crippen molar-refractivity contribution in [1.82, 2.24) is 16.0 Å². The van der Waals surface area contributed by atoms with Crippen molar-refractivity contribution in [2.45, 2.75) is 34.1 Å². The molecule has 0 aliphatic carbocycles. The molecule has 0 fully saturated rings. The maximum absolute atomic E-state index is 11.7. The SMILES string of the molecule is CCNC(=NCCc1ccco1)NCCNC(=O)C(C)(C)C. The highest BCUT2D eigenvalue weighted by atomic mass is 16.3. The highest BCUT2D eigenvalue weighted by Gasteiger charge is 2.20. The molecule has 1 heterocycles. The van der Waals surface area contributed by atoms with Crippen LogP contribution in [0.2, 0.25) is 0 Å². The molecule has 6 heteroatoms. The quantitative estimate of drug-likeness (QED) is 0.405. The van der Waals surface area contributed by atoms with Crippen LogP contribution in [-0.2, 0) is 11.2 Å². The molecule has 1 aromatic heterocycles. The summed E-state index contributed by atoms with van der Waals surface area (Å²) in [6.45, 7) is 10.4. The third-order valence-corrected chi connectivity index (χ3v) is 2.94. The molecule has 0 unspecified atom stereocenters. The topological polar surface area (TPSA) is 78.7 Å². The van der Waals surface area contributed by atoms with E-state index in [1.165, 1.54) is 0 Å². The van der Waals surface area contributed by atoms with Crippen LogP contribution in [0.5, 0.6) is 0 Å². The molecule has 0 radical (unpaired) electrons. The van der Waals surface area contributed by atoms with Crippen LogP contribution in [0.4, 0.5) is 0 Å². The summed E-state index contributed by atoms with van der Waals surface area (Å²) < 4.78 is 5.27. The average Bonchev–Trinajstić information content (AvgIpc) is 2.95. The lowest BCUT2D eigenvalue weighted by molar-refractivity contribution is -0.128. The number of nitrogens with zero attached hydrogens (tertiary/aromatic N) is 1. The van der Waals surface area contributed by atoms with Crippen LogP contribution in [0.3, 0.4) is 0 Å². The van der Waals surface area contributed by atoms with Gasteiger partial charge in [0, 0.05) is 38.0 Å². The van der Waals surface area contributed by atoms with E-state index in [0.29, 0.717) is 19.6 Å². The first-order valence-corrected chi connectivity index (χ1v) is 7.76. The fourth-order valence-corrected chi connectivity index (χ4v) is 1.70. The van der Waals surface area contributed by atoms with Crippen LogP contribution >= 0.6 is 0 Å². The number of rotatable bonds is 7. The molecule has 0 aromatic carbocycles. The lowest BCUT2D eigenvalue weighted by Gasteiger charge is -2.18. The zero-order chi connectivity index (χ0) is 16.4. The molecular weight excluding hydrogens is 280 g/mol. The van der Waals surface area contributed by atoms with Crippen LogP contribution in [0.15, 0.2) is 27.8 Å². The van der Waals surface area contributed by atoms with Crippen molar-refractivity contribution in [3.05, 3.63) is 24.2 Å². The fraction of sp³-hybridized carbons (Fsp3) is 0.625. The fourth-order valence-electron chi connectivity index (χ4n) is 1.70. The lowest BCUT2D eigenvalue weighted by Crippen LogP contribution is -2.43. The van der Waals surface area contributed by atoms with Crippen LogP contribution in [-0.4, -0.2) is 38.0 Å². The van der Waals surface area contributed by atoms with Gasteiger partial charge in [0.25, 0.3) is 0 Å². The van der Waals surface area contributed by atoms with Crippen molar-refractivity contribution >= 4 is 11.9 Å². The Labute approximate surface area is 132 Å². The van der Waals surface area contributed by atoms with Crippen LogP contribution < -0.4 is 16.0 Å². The largest absolute Gasteiger partial charge is 0.469 e. The minimum atomic E-state index is -0.359. The zero-order valence-corrected chi connectivity index (χ0v) is 14.0. The van der Waals surface area contributed by atoms with E-state index in [2.05, 4.69) is 20.9 Å². The van der Waals surface area contributed by atoms with Gasteiger partial charge in [-0.25, -0.2) is 0 Å². The van der Waals surface area contributed by atoms with Gasteiger partial charge in [0.2, 0.25) is 5.91 Å². The molecule has 3 N–H and O–H groups in total. The minimum Gasteiger partial charge on any atom is -0.469 e. The summed E-state index contributed by atoms with van der Waals surface area (Å²) in [5.74, 6) is 1.73. The summed E-state index contributed by atoms with van der Waals surface area (Å²) >= 11 is 0. The Balaban J connectivity index is 2.29. The summed E-state index contributed by atoms with van der Waals surface area (Å²) in [6.07, 6.45) is 2.44. The Kier molecular flexibility index (Phi) is 7.49. The number of hydrogen-bond acceptors (Lipinski definition) is 3. The van der Waals surface area contributed by atoms with Gasteiger partial charge in [0.05, 0.1) is 6.26 Å². The van der Waals surface area contributed by atoms with Crippen molar-refractivity contribution in [3.63, 3.8) is 0 Å². The van der Waals surface area contributed by atoms with E-state index in [1.807, 2.05) is 39.8 Å². The number of hydrogen-bond donors (Lipinski definition) is 3. The van der Waals surface area contributed by atoms with Gasteiger partial charge in [-0.1, -0.05) is 20.8 Å². The normalized spacial score (nSPS) is 12.1. The van der Waals surface area contributed by atoms with Gasteiger partial charge in [0.15, 0.2) is 5.96 Å². The van der Waals surface area contributed by atoms with E-state index in [0.717, 1.165) is 24.7 Å². The Bertz CT molecular complexity index is 461. The molecule has 0 saturated heterocycles. The number of carbonyl (C=O) groups is 1. The smallest absolute Gasteiger partial charge is 0.225 e. The predicted octanol–water partition coefficient (Wildman–Crippen LogP) is 1.54. The molecule has 0 spiro atoms. The van der Waals surface area contributed by atoms with E-state index in [4.69, 9.17) is 4.42 Å². The highest BCUT2D eigenvalue weighted by molar-refractivity contribution is 5.81. The molecule has 6 nitrogen and oxygen atoms in total. The molecule has 124 valence electrons. The standard InChI is InChI=1S/C16H28N4O2/c1-5-17-15(19-9-8-13-7-6-12-22-13)20-11-10-18-14(21)16(2,3)4/h6-7,12H,5,8-11H2,1-4H3,(H,18,21)(H2,17,19,20). The first-order chi connectivity index (χ1) is 10.4. The second-order valence-corrected chi connectivity index (χ2v) is 6.02. The number of aliphatic imine (C=N–C) groups is 1. The molecule has 1 amide bonds. The van der Waals surface area contributed by atoms with Crippen molar-refractivity contribution in [2.24, 2.45) is 10.4 Å². The number of furan rings is 1. The zero-order valence-electron chi connectivity index (χ0n) is 14.0. The predicted molar refractivity (Wildman–Crippen MR) is 88.9 cm³/mol. The first-order valence-electron chi connectivity index (χ1n) is 7.76. The monoisotopic (exact) mass is 308 g/mol. The van der Waals surface area contributed by atoms with E-state index in [-0.39, 0.29) is 11.3 Å². The number of amides is 1. The third-order valence-electron chi connectivity index (χ3n) is 2.94. The molecule has 0 atom stereocenters. The van der Waals surface area contributed by atoms with E-state index < -0.39 is 0 Å². The molecular formula is C16H28N4O2. The van der Waals surface area contributed by atoms with Gasteiger partial charge in [-0.05, 0) is 19.1 Å². The number of carbonyl (C=O) groups excluding carboxylic acids is 1. The minimum absolute atomic E-state index is 0.0501. The van der Waals surface area contributed by atoms with Crippen molar-refractivity contribution < 1.29 is 9.21 Å². The number of guanidine groups is 1. The number of nitrogens with one attached hydrogen (secondary N) is 3. The van der Waals surface area contributed by atoms with Crippen LogP contribution in [0.25, 0.3) is 0 Å². The van der Waals surface area contributed by atoms with Crippen LogP contribution in [0, 0.1) is 5.41 Å². The summed E-state index contributed by atoms with van der Waals surface area (Å²) in [4.78, 5) is 16.2. The summed E-state index contributed by atoms with van der Waals surface area (Å²) in [5, 5.41) is 9.28. The molecule has 0 bridgehead atoms. The van der Waals surface area contributed by atoms with Gasteiger partial charge in [0.1, 0.15) is 5.76 Å². The van der Waals surface area contributed by atoms with Gasteiger partial charge in [-0.2, -0.15) is 0 Å².